The van der Waals surface area contributed by atoms with Crippen LogP contribution < -0.4 is 10.2 Å². The maximum absolute atomic E-state index is 8.92. The first-order valence-corrected chi connectivity index (χ1v) is 9.91. The van der Waals surface area contributed by atoms with E-state index in [2.05, 4.69) is 44.5 Å². The Morgan fingerprint density at radius 3 is 2.86 bits per heavy atom. The number of fused-ring (bicyclic) bond motifs is 1. The number of ether oxygens (including phenoxy) is 1. The minimum atomic E-state index is 0.479. The van der Waals surface area contributed by atoms with E-state index in [0.717, 1.165) is 38.8 Å². The number of nitriles is 1. The molecule has 1 N–H and O–H groups in total. The number of nitrogens with zero attached hydrogens (tertiary/aromatic N) is 4. The number of hydrazone groups is 1. The summed E-state index contributed by atoms with van der Waals surface area (Å²) in [4.78, 5) is 4.62. The van der Waals surface area contributed by atoms with Crippen LogP contribution in [-0.2, 0) is 6.54 Å². The number of aliphatic imine (C=N–C) groups is 1. The summed E-state index contributed by atoms with van der Waals surface area (Å²) in [5.74, 6) is 1.44. The number of nitrogens with one attached hydrogen (secondary N) is 1. The Balaban J connectivity index is 1.62. The van der Waals surface area contributed by atoms with Gasteiger partial charge in [-0.05, 0) is 18.2 Å². The van der Waals surface area contributed by atoms with Crippen LogP contribution in [0.1, 0.15) is 12.0 Å². The highest BCUT2D eigenvalue weighted by molar-refractivity contribution is 8.14. The standard InChI is InChI=1S/C21H19N5OS/c1-27-20-10-5-3-8-17(20)23-21-25-24-18(14-28-21)16-13-26(12-6-11-22)19-9-4-2-7-15(16)19/h2-5,7-10,13H,6,12,14H2,1H3,(H,23,25). The molecule has 1 aliphatic heterocycles. The lowest BCUT2D eigenvalue weighted by Gasteiger charge is -2.15. The zero-order valence-electron chi connectivity index (χ0n) is 15.4. The second-order valence-electron chi connectivity index (χ2n) is 6.21. The molecule has 0 fully saturated rings. The van der Waals surface area contributed by atoms with Gasteiger partial charge in [-0.1, -0.05) is 42.1 Å². The molecule has 0 saturated heterocycles. The van der Waals surface area contributed by atoms with Crippen LogP contribution in [0.25, 0.3) is 10.9 Å². The number of para-hydroxylation sites is 3. The molecule has 0 aliphatic carbocycles. The Bertz CT molecular complexity index is 1110. The molecule has 140 valence electrons. The predicted molar refractivity (Wildman–Crippen MR) is 114 cm³/mol. The van der Waals surface area contributed by atoms with Gasteiger partial charge >= 0.3 is 0 Å². The normalized spacial score (nSPS) is 15.1. The smallest absolute Gasteiger partial charge is 0.182 e. The van der Waals surface area contributed by atoms with Crippen molar-refractivity contribution in [3.63, 3.8) is 0 Å². The maximum atomic E-state index is 8.92. The van der Waals surface area contributed by atoms with Gasteiger partial charge in [-0.15, -0.1) is 0 Å². The molecule has 0 saturated carbocycles. The molecular weight excluding hydrogens is 370 g/mol. The Labute approximate surface area is 167 Å². The van der Waals surface area contributed by atoms with E-state index in [1.54, 1.807) is 18.9 Å². The fourth-order valence-electron chi connectivity index (χ4n) is 3.18. The minimum absolute atomic E-state index is 0.479. The van der Waals surface area contributed by atoms with E-state index < -0.39 is 0 Å². The molecule has 3 aromatic rings. The van der Waals surface area contributed by atoms with Crippen molar-refractivity contribution in [2.45, 2.75) is 13.0 Å². The third kappa shape index (κ3) is 3.59. The van der Waals surface area contributed by atoms with Gasteiger partial charge in [-0.3, -0.25) is 5.43 Å². The van der Waals surface area contributed by atoms with Crippen LogP contribution in [-0.4, -0.2) is 28.3 Å². The van der Waals surface area contributed by atoms with Crippen LogP contribution in [0.5, 0.6) is 5.75 Å². The van der Waals surface area contributed by atoms with Crippen molar-refractivity contribution in [3.05, 3.63) is 60.3 Å². The van der Waals surface area contributed by atoms with Crippen LogP contribution in [0.3, 0.4) is 0 Å². The summed E-state index contributed by atoms with van der Waals surface area (Å²) >= 11 is 1.61. The van der Waals surface area contributed by atoms with E-state index in [-0.39, 0.29) is 0 Å². The van der Waals surface area contributed by atoms with Gasteiger partial charge in [0.2, 0.25) is 0 Å². The average molecular weight is 389 g/mol. The highest BCUT2D eigenvalue weighted by atomic mass is 32.2. The van der Waals surface area contributed by atoms with Crippen LogP contribution in [0.15, 0.2) is 64.8 Å². The van der Waals surface area contributed by atoms with Crippen molar-refractivity contribution in [1.82, 2.24) is 9.99 Å². The second-order valence-corrected chi connectivity index (χ2v) is 7.17. The van der Waals surface area contributed by atoms with Crippen LogP contribution in [0, 0.1) is 11.3 Å². The monoisotopic (exact) mass is 389 g/mol. The number of rotatable bonds is 5. The molecule has 6 nitrogen and oxygen atoms in total. The highest BCUT2D eigenvalue weighted by Gasteiger charge is 2.18. The van der Waals surface area contributed by atoms with Crippen molar-refractivity contribution in [1.29, 1.82) is 5.26 Å². The number of thioether (sulfide) groups is 1. The van der Waals surface area contributed by atoms with Gasteiger partial charge in [0.1, 0.15) is 11.4 Å². The zero-order chi connectivity index (χ0) is 19.3. The summed E-state index contributed by atoms with van der Waals surface area (Å²) in [5.41, 5.74) is 7.01. The summed E-state index contributed by atoms with van der Waals surface area (Å²) < 4.78 is 7.48. The molecule has 7 heteroatoms. The molecule has 0 atom stereocenters. The lowest BCUT2D eigenvalue weighted by molar-refractivity contribution is 0.416. The molecule has 4 rings (SSSR count). The highest BCUT2D eigenvalue weighted by Crippen LogP contribution is 2.29. The average Bonchev–Trinajstić information content (AvgIpc) is 3.12. The number of amidine groups is 1. The Morgan fingerprint density at radius 1 is 1.25 bits per heavy atom. The van der Waals surface area contributed by atoms with Gasteiger partial charge in [0.25, 0.3) is 0 Å². The quantitative estimate of drug-likeness (QED) is 0.706. The summed E-state index contributed by atoms with van der Waals surface area (Å²) in [6, 6.07) is 18.1. The van der Waals surface area contributed by atoms with Crippen LogP contribution >= 0.6 is 11.8 Å². The maximum Gasteiger partial charge on any atom is 0.182 e. The van der Waals surface area contributed by atoms with Gasteiger partial charge < -0.3 is 9.30 Å². The molecule has 0 bridgehead atoms. The fraction of sp³-hybridized carbons (Fsp3) is 0.190. The van der Waals surface area contributed by atoms with Crippen LogP contribution in [0.2, 0.25) is 0 Å². The van der Waals surface area contributed by atoms with Gasteiger partial charge in [-0.2, -0.15) is 10.4 Å². The lowest BCUT2D eigenvalue weighted by Crippen LogP contribution is -2.25. The van der Waals surface area contributed by atoms with E-state index in [0.29, 0.717) is 18.7 Å². The van der Waals surface area contributed by atoms with E-state index in [1.807, 2.05) is 36.4 Å². The van der Waals surface area contributed by atoms with Crippen LogP contribution in [0.4, 0.5) is 5.69 Å². The minimum Gasteiger partial charge on any atom is -0.494 e. The van der Waals surface area contributed by atoms with Gasteiger partial charge in [-0.25, -0.2) is 4.99 Å². The van der Waals surface area contributed by atoms with Crippen molar-refractivity contribution < 1.29 is 4.74 Å². The fourth-order valence-corrected chi connectivity index (χ4v) is 3.94. The molecule has 0 spiro atoms. The van der Waals surface area contributed by atoms with E-state index in [9.17, 15) is 0 Å². The number of benzene rings is 2. The Hall–Kier alpha value is -3.24. The first-order valence-electron chi connectivity index (χ1n) is 8.92. The zero-order valence-corrected chi connectivity index (χ0v) is 16.2. The molecule has 2 heterocycles. The SMILES string of the molecule is COc1ccccc1N=C1NN=C(c2cn(CCC#N)c3ccccc23)CS1. The Kier molecular flexibility index (Phi) is 5.31. The first-order chi connectivity index (χ1) is 13.8. The first kappa shape index (κ1) is 18.1. The molecule has 1 aromatic heterocycles. The largest absolute Gasteiger partial charge is 0.494 e. The summed E-state index contributed by atoms with van der Waals surface area (Å²) in [6.07, 6.45) is 2.57. The topological polar surface area (TPSA) is 74.7 Å². The Morgan fingerprint density at radius 2 is 2.07 bits per heavy atom. The lowest BCUT2D eigenvalue weighted by atomic mass is 10.1. The molecule has 28 heavy (non-hydrogen) atoms. The molecule has 0 unspecified atom stereocenters. The van der Waals surface area contributed by atoms with Crippen molar-refractivity contribution >= 4 is 39.2 Å². The number of methoxy groups -OCH3 is 1. The van der Waals surface area contributed by atoms with E-state index in [4.69, 9.17) is 10.00 Å². The third-order valence-corrected chi connectivity index (χ3v) is 5.38. The molecular formula is C21H19N5OS. The molecule has 1 aliphatic rings. The summed E-state index contributed by atoms with van der Waals surface area (Å²) in [5, 5.41) is 15.4. The van der Waals surface area contributed by atoms with Crippen molar-refractivity contribution in [3.8, 4) is 11.8 Å². The predicted octanol–water partition coefficient (Wildman–Crippen LogP) is 4.29. The summed E-state index contributed by atoms with van der Waals surface area (Å²) in [7, 11) is 1.64. The van der Waals surface area contributed by atoms with Gasteiger partial charge in [0.05, 0.1) is 25.3 Å². The second kappa shape index (κ2) is 8.19. The summed E-state index contributed by atoms with van der Waals surface area (Å²) in [6.45, 7) is 0.672. The van der Waals surface area contributed by atoms with E-state index in [1.165, 1.54) is 0 Å². The van der Waals surface area contributed by atoms with Gasteiger partial charge in [0, 0.05) is 35.0 Å². The van der Waals surface area contributed by atoms with Gasteiger partial charge in [0.15, 0.2) is 5.17 Å². The number of aromatic nitrogens is 1. The number of aryl methyl sites for hydroxylation is 1. The number of hydrogen-bond donors (Lipinski definition) is 1. The molecule has 2 aromatic carbocycles. The molecule has 0 radical (unpaired) electrons. The van der Waals surface area contributed by atoms with Crippen molar-refractivity contribution in [2.24, 2.45) is 10.1 Å². The third-order valence-electron chi connectivity index (χ3n) is 4.50. The van der Waals surface area contributed by atoms with Crippen molar-refractivity contribution in [2.75, 3.05) is 12.9 Å². The molecule has 0 amide bonds. The number of hydrogen-bond acceptors (Lipinski definition) is 5. The van der Waals surface area contributed by atoms with E-state index >= 15 is 0 Å².